The zero-order valence-corrected chi connectivity index (χ0v) is 18.6. The minimum absolute atomic E-state index is 0.130. The average molecular weight is 487 g/mol. The van der Waals surface area contributed by atoms with Crippen molar-refractivity contribution in [2.45, 2.75) is 37.8 Å². The highest BCUT2D eigenvalue weighted by Crippen LogP contribution is 2.45. The monoisotopic (exact) mass is 487 g/mol. The van der Waals surface area contributed by atoms with Crippen LogP contribution in [-0.2, 0) is 23.4 Å². The lowest BCUT2D eigenvalue weighted by molar-refractivity contribution is -0.142. The van der Waals surface area contributed by atoms with Gasteiger partial charge in [-0.05, 0) is 19.1 Å². The number of nitrogens with zero attached hydrogens (tertiary/aromatic N) is 1. The molecule has 2 aromatic rings. The number of para-hydroxylation sites is 1. The number of halogens is 1. The molecule has 0 amide bonds. The van der Waals surface area contributed by atoms with Crippen molar-refractivity contribution in [2.75, 3.05) is 13.7 Å². The summed E-state index contributed by atoms with van der Waals surface area (Å²) in [4.78, 5) is 36.7. The van der Waals surface area contributed by atoms with E-state index in [1.807, 2.05) is 0 Å². The number of esters is 1. The van der Waals surface area contributed by atoms with Crippen LogP contribution < -0.4 is 20.9 Å². The Morgan fingerprint density at radius 1 is 1.39 bits per heavy atom. The molecule has 0 saturated carbocycles. The largest absolute Gasteiger partial charge is 0.468 e. The summed E-state index contributed by atoms with van der Waals surface area (Å²) in [5, 5.41) is 12.8. The maximum Gasteiger partial charge on any atom is 0.459 e. The highest BCUT2D eigenvalue weighted by atomic mass is 31.2. The zero-order valence-electron chi connectivity index (χ0n) is 17.7. The third-order valence-electron chi connectivity index (χ3n) is 4.72. The lowest BCUT2D eigenvalue weighted by atomic mass is 10.2. The number of hydrogen-bond donors (Lipinski definition) is 3. The number of carbonyl (C=O) groups excluding carboxylic acids is 1. The Kier molecular flexibility index (Phi) is 7.82. The Morgan fingerprint density at radius 2 is 2.09 bits per heavy atom. The molecule has 4 unspecified atom stereocenters. The predicted molar refractivity (Wildman–Crippen MR) is 111 cm³/mol. The number of ether oxygens (including phenoxy) is 2. The van der Waals surface area contributed by atoms with Gasteiger partial charge in [0.2, 0.25) is 5.82 Å². The number of benzene rings is 1. The normalized spacial score (nSPS) is 23.0. The first kappa shape index (κ1) is 24.8. The van der Waals surface area contributed by atoms with E-state index in [0.29, 0.717) is 6.20 Å². The minimum Gasteiger partial charge on any atom is -0.468 e. The second-order valence-electron chi connectivity index (χ2n) is 7.15. The number of aliphatic hydroxyl groups excluding tert-OH is 1. The van der Waals surface area contributed by atoms with Crippen LogP contribution in [0, 0.1) is 5.82 Å². The van der Waals surface area contributed by atoms with Crippen LogP contribution in [0.4, 0.5) is 4.39 Å². The first-order valence-electron chi connectivity index (χ1n) is 9.81. The molecule has 3 N–H and O–H groups in total. The van der Waals surface area contributed by atoms with E-state index in [9.17, 15) is 28.4 Å². The fourth-order valence-electron chi connectivity index (χ4n) is 3.06. The molecule has 3 rings (SSSR count). The fourth-order valence-corrected chi connectivity index (χ4v) is 4.56. The van der Waals surface area contributed by atoms with Crippen molar-refractivity contribution >= 4 is 13.7 Å². The van der Waals surface area contributed by atoms with E-state index in [4.69, 9.17) is 13.8 Å². The van der Waals surface area contributed by atoms with E-state index in [2.05, 4.69) is 9.82 Å². The summed E-state index contributed by atoms with van der Waals surface area (Å²) in [5.74, 6) is -1.73. The van der Waals surface area contributed by atoms with Gasteiger partial charge in [-0.3, -0.25) is 23.7 Å². The molecular weight excluding hydrogens is 464 g/mol. The summed E-state index contributed by atoms with van der Waals surface area (Å²) >= 11 is 0. The molecular formula is C19H23FN3O9P. The maximum atomic E-state index is 13.6. The van der Waals surface area contributed by atoms with Crippen molar-refractivity contribution in [3.8, 4) is 5.75 Å². The van der Waals surface area contributed by atoms with Crippen LogP contribution in [0.2, 0.25) is 0 Å². The molecule has 0 aliphatic carbocycles. The van der Waals surface area contributed by atoms with Gasteiger partial charge in [-0.25, -0.2) is 9.36 Å². The molecule has 14 heteroatoms. The van der Waals surface area contributed by atoms with Gasteiger partial charge in [-0.15, -0.1) is 0 Å². The van der Waals surface area contributed by atoms with Crippen molar-refractivity contribution in [1.29, 1.82) is 0 Å². The summed E-state index contributed by atoms with van der Waals surface area (Å²) < 4.78 is 48.7. The predicted octanol–water partition coefficient (Wildman–Crippen LogP) is 0.679. The molecule has 2 heterocycles. The number of aromatic amines is 1. The molecule has 1 aliphatic rings. The number of methoxy groups -OCH3 is 1. The van der Waals surface area contributed by atoms with Gasteiger partial charge in [0.25, 0.3) is 5.56 Å². The number of carbonyl (C=O) groups is 1. The van der Waals surface area contributed by atoms with Gasteiger partial charge in [-0.2, -0.15) is 9.48 Å². The van der Waals surface area contributed by atoms with Crippen LogP contribution in [0.3, 0.4) is 0 Å². The van der Waals surface area contributed by atoms with E-state index in [1.165, 1.54) is 19.1 Å². The SMILES string of the molecule is COC(=O)[C@H](C)NP(=O)(OCC1OC(n2cc(F)c(=O)[nH]c2=O)CC1O)Oc1ccccc1. The van der Waals surface area contributed by atoms with Crippen LogP contribution in [0.1, 0.15) is 19.6 Å². The lowest BCUT2D eigenvalue weighted by Crippen LogP contribution is -2.36. The van der Waals surface area contributed by atoms with Gasteiger partial charge in [0.05, 0.1) is 26.0 Å². The highest BCUT2D eigenvalue weighted by Gasteiger charge is 2.39. The minimum atomic E-state index is -4.18. The van der Waals surface area contributed by atoms with Crippen molar-refractivity contribution in [3.05, 3.63) is 63.2 Å². The lowest BCUT2D eigenvalue weighted by Gasteiger charge is -2.24. The molecule has 1 saturated heterocycles. The Morgan fingerprint density at radius 3 is 2.76 bits per heavy atom. The molecule has 180 valence electrons. The number of hydrogen-bond acceptors (Lipinski definition) is 9. The number of aliphatic hydroxyl groups is 1. The Hall–Kier alpha value is -2.83. The van der Waals surface area contributed by atoms with Crippen LogP contribution in [-0.4, -0.2) is 52.6 Å². The summed E-state index contributed by atoms with van der Waals surface area (Å²) in [5.41, 5.74) is -2.11. The Balaban J connectivity index is 1.73. The first-order chi connectivity index (χ1) is 15.6. The molecule has 1 fully saturated rings. The topological polar surface area (TPSA) is 158 Å². The fraction of sp³-hybridized carbons (Fsp3) is 0.421. The molecule has 0 radical (unpaired) electrons. The molecule has 33 heavy (non-hydrogen) atoms. The summed E-state index contributed by atoms with van der Waals surface area (Å²) in [7, 11) is -3.02. The number of H-pyrrole nitrogens is 1. The van der Waals surface area contributed by atoms with Crippen LogP contribution in [0.5, 0.6) is 5.75 Å². The van der Waals surface area contributed by atoms with Gasteiger partial charge in [0, 0.05) is 6.42 Å². The third kappa shape index (κ3) is 6.15. The molecule has 1 aromatic heterocycles. The number of nitrogens with one attached hydrogen (secondary N) is 2. The van der Waals surface area contributed by atoms with Gasteiger partial charge in [-0.1, -0.05) is 18.2 Å². The van der Waals surface area contributed by atoms with E-state index in [1.54, 1.807) is 23.2 Å². The molecule has 1 aliphatic heterocycles. The smallest absolute Gasteiger partial charge is 0.459 e. The molecule has 12 nitrogen and oxygen atoms in total. The quantitative estimate of drug-likeness (QED) is 0.339. The Labute approximate surface area is 186 Å². The third-order valence-corrected chi connectivity index (χ3v) is 6.37. The summed E-state index contributed by atoms with van der Waals surface area (Å²) in [6.45, 7) is 0.924. The van der Waals surface area contributed by atoms with E-state index >= 15 is 0 Å². The van der Waals surface area contributed by atoms with Crippen molar-refractivity contribution in [2.24, 2.45) is 0 Å². The molecule has 5 atom stereocenters. The second-order valence-corrected chi connectivity index (χ2v) is 8.84. The highest BCUT2D eigenvalue weighted by molar-refractivity contribution is 7.52. The molecule has 0 bridgehead atoms. The first-order valence-corrected chi connectivity index (χ1v) is 11.4. The maximum absolute atomic E-state index is 13.6. The van der Waals surface area contributed by atoms with Gasteiger partial charge >= 0.3 is 19.4 Å². The van der Waals surface area contributed by atoms with Crippen LogP contribution >= 0.6 is 7.75 Å². The molecule has 0 spiro atoms. The van der Waals surface area contributed by atoms with Gasteiger partial charge in [0.1, 0.15) is 24.1 Å². The van der Waals surface area contributed by atoms with E-state index < -0.39 is 61.9 Å². The van der Waals surface area contributed by atoms with Crippen molar-refractivity contribution in [1.82, 2.24) is 14.6 Å². The van der Waals surface area contributed by atoms with Gasteiger partial charge in [0.15, 0.2) is 0 Å². The summed E-state index contributed by atoms with van der Waals surface area (Å²) in [6, 6.07) is 6.98. The van der Waals surface area contributed by atoms with Crippen LogP contribution in [0.25, 0.3) is 0 Å². The molecule has 1 aromatic carbocycles. The number of aromatic nitrogens is 2. The summed E-state index contributed by atoms with van der Waals surface area (Å²) in [6.07, 6.45) is -2.83. The van der Waals surface area contributed by atoms with Crippen LogP contribution in [0.15, 0.2) is 46.1 Å². The van der Waals surface area contributed by atoms with Crippen molar-refractivity contribution < 1.29 is 37.4 Å². The van der Waals surface area contributed by atoms with E-state index in [0.717, 1.165) is 11.7 Å². The standard InChI is InChI=1S/C19H23FN3O9P/c1-11(18(26)29-2)22-33(28,32-12-6-4-3-5-7-12)30-10-15-14(24)8-16(31-15)23-9-13(20)17(25)21-19(23)27/h3-7,9,11,14-16,24H,8,10H2,1-2H3,(H,22,28)(H,21,25,27)/t11-,14?,15?,16?,33?/m0/s1. The van der Waals surface area contributed by atoms with Crippen molar-refractivity contribution in [3.63, 3.8) is 0 Å². The Bertz CT molecular complexity index is 1140. The number of rotatable bonds is 9. The second kappa shape index (κ2) is 10.4. The van der Waals surface area contributed by atoms with E-state index in [-0.39, 0.29) is 12.2 Å². The van der Waals surface area contributed by atoms with Gasteiger partial charge < -0.3 is 19.1 Å². The zero-order chi connectivity index (χ0) is 24.2. The average Bonchev–Trinajstić information content (AvgIpc) is 3.15.